The van der Waals surface area contributed by atoms with Crippen LogP contribution in [-0.2, 0) is 10.8 Å². The number of rotatable bonds is 3. The van der Waals surface area contributed by atoms with Crippen molar-refractivity contribution in [2.75, 3.05) is 4.90 Å². The highest BCUT2D eigenvalue weighted by atomic mass is 15.1. The molecule has 2 aliphatic carbocycles. The standard InChI is InChI=1S/C50H41N/c1-30-12-11-13-31(2)48(30)51(38-21-22-40-46(29-38)49(3,4)43-23-19-32-14-9-10-17-39(32)47(40)43)37-20-18-35-26-42-41-25-33-15-7-8-16-34(33)27-44(41)50(5,6)45(42)28-36(35)24-37/h7-29H,1-6H3. The van der Waals surface area contributed by atoms with Gasteiger partial charge in [0.05, 0.1) is 5.69 Å². The third-order valence-corrected chi connectivity index (χ3v) is 12.2. The van der Waals surface area contributed by atoms with Crippen molar-refractivity contribution < 1.29 is 0 Å². The number of aryl methyl sites for hydroxylation is 2. The maximum atomic E-state index is 2.50. The van der Waals surface area contributed by atoms with Crippen LogP contribution in [0.3, 0.4) is 0 Å². The first-order chi connectivity index (χ1) is 24.6. The molecule has 0 N–H and O–H groups in total. The van der Waals surface area contributed by atoms with Crippen LogP contribution in [0.25, 0.3) is 54.6 Å². The zero-order valence-electron chi connectivity index (χ0n) is 30.2. The second kappa shape index (κ2) is 10.4. The highest BCUT2D eigenvalue weighted by Gasteiger charge is 2.38. The Balaban J connectivity index is 1.16. The van der Waals surface area contributed by atoms with E-state index in [0.29, 0.717) is 0 Å². The number of nitrogens with zero attached hydrogens (tertiary/aromatic N) is 1. The predicted octanol–water partition coefficient (Wildman–Crippen LogP) is 13.8. The number of para-hydroxylation sites is 1. The quantitative estimate of drug-likeness (QED) is 0.183. The van der Waals surface area contributed by atoms with E-state index >= 15 is 0 Å². The van der Waals surface area contributed by atoms with Gasteiger partial charge in [-0.1, -0.05) is 119 Å². The summed E-state index contributed by atoms with van der Waals surface area (Å²) in [6, 6.07) is 52.8. The van der Waals surface area contributed by atoms with Crippen molar-refractivity contribution in [1.82, 2.24) is 0 Å². The fraction of sp³-hybridized carbons (Fsp3) is 0.160. The zero-order valence-corrected chi connectivity index (χ0v) is 30.2. The van der Waals surface area contributed by atoms with Gasteiger partial charge in [-0.05, 0) is 150 Å². The molecule has 2 aliphatic rings. The molecule has 0 bridgehead atoms. The SMILES string of the molecule is Cc1cccc(C)c1N(c1ccc2c(c1)C(C)(C)c1ccc3ccccc3c1-2)c1ccc2cc3c(cc2c1)C(C)(C)c1cc2ccccc2cc1-3. The molecule has 0 radical (unpaired) electrons. The third kappa shape index (κ3) is 4.21. The molecule has 0 amide bonds. The van der Waals surface area contributed by atoms with Gasteiger partial charge in [-0.2, -0.15) is 0 Å². The predicted molar refractivity (Wildman–Crippen MR) is 218 cm³/mol. The van der Waals surface area contributed by atoms with Gasteiger partial charge >= 0.3 is 0 Å². The van der Waals surface area contributed by atoms with E-state index in [1.807, 2.05) is 0 Å². The van der Waals surface area contributed by atoms with Gasteiger partial charge in [0.1, 0.15) is 0 Å². The van der Waals surface area contributed by atoms with Gasteiger partial charge in [0.15, 0.2) is 0 Å². The molecule has 0 saturated carbocycles. The molecule has 10 rings (SSSR count). The second-order valence-electron chi connectivity index (χ2n) is 15.9. The van der Waals surface area contributed by atoms with E-state index < -0.39 is 0 Å². The summed E-state index contributed by atoms with van der Waals surface area (Å²) in [6.07, 6.45) is 0. The van der Waals surface area contributed by atoms with Crippen molar-refractivity contribution in [3.63, 3.8) is 0 Å². The molecule has 8 aromatic carbocycles. The van der Waals surface area contributed by atoms with Gasteiger partial charge in [0.2, 0.25) is 0 Å². The molecular weight excluding hydrogens is 615 g/mol. The number of fused-ring (bicyclic) bond motifs is 10. The smallest absolute Gasteiger partial charge is 0.0519 e. The normalized spacial score (nSPS) is 14.8. The van der Waals surface area contributed by atoms with Crippen LogP contribution in [0.5, 0.6) is 0 Å². The van der Waals surface area contributed by atoms with Crippen molar-refractivity contribution in [2.24, 2.45) is 0 Å². The number of benzene rings is 8. The molecule has 51 heavy (non-hydrogen) atoms. The van der Waals surface area contributed by atoms with Crippen LogP contribution in [0.15, 0.2) is 140 Å². The molecular formula is C50H41N. The third-order valence-electron chi connectivity index (χ3n) is 12.2. The summed E-state index contributed by atoms with van der Waals surface area (Å²) in [6.45, 7) is 14.0. The van der Waals surface area contributed by atoms with Gasteiger partial charge in [-0.3, -0.25) is 0 Å². The Bertz CT molecular complexity index is 2760. The topological polar surface area (TPSA) is 3.24 Å². The first-order valence-corrected chi connectivity index (χ1v) is 18.3. The summed E-state index contributed by atoms with van der Waals surface area (Å²) in [5.41, 5.74) is 17.0. The summed E-state index contributed by atoms with van der Waals surface area (Å²) >= 11 is 0. The molecule has 0 atom stereocenters. The molecule has 0 spiro atoms. The Morgan fingerprint density at radius 2 is 0.922 bits per heavy atom. The van der Waals surface area contributed by atoms with Crippen molar-refractivity contribution in [1.29, 1.82) is 0 Å². The maximum absolute atomic E-state index is 2.50. The first-order valence-electron chi connectivity index (χ1n) is 18.3. The van der Waals surface area contributed by atoms with Gasteiger partial charge in [0.25, 0.3) is 0 Å². The highest BCUT2D eigenvalue weighted by molar-refractivity contribution is 6.04. The summed E-state index contributed by atoms with van der Waals surface area (Å²) in [7, 11) is 0. The van der Waals surface area contributed by atoms with Crippen LogP contribution in [0.2, 0.25) is 0 Å². The van der Waals surface area contributed by atoms with E-state index in [-0.39, 0.29) is 10.8 Å². The highest BCUT2D eigenvalue weighted by Crippen LogP contribution is 2.54. The summed E-state index contributed by atoms with van der Waals surface area (Å²) in [4.78, 5) is 2.50. The Kier molecular flexibility index (Phi) is 6.18. The zero-order chi connectivity index (χ0) is 34.8. The second-order valence-corrected chi connectivity index (χ2v) is 15.9. The molecule has 0 saturated heterocycles. The Labute approximate surface area is 300 Å². The minimum absolute atomic E-state index is 0.0874. The molecule has 0 aliphatic heterocycles. The van der Waals surface area contributed by atoms with Crippen LogP contribution in [0.4, 0.5) is 17.1 Å². The molecule has 1 nitrogen and oxygen atoms in total. The monoisotopic (exact) mass is 655 g/mol. The van der Waals surface area contributed by atoms with E-state index in [2.05, 4.69) is 186 Å². The lowest BCUT2D eigenvalue weighted by Gasteiger charge is -2.30. The fourth-order valence-corrected chi connectivity index (χ4v) is 9.49. The van der Waals surface area contributed by atoms with Crippen LogP contribution >= 0.6 is 0 Å². The lowest BCUT2D eigenvalue weighted by molar-refractivity contribution is 0.661. The average molecular weight is 656 g/mol. The van der Waals surface area contributed by atoms with Gasteiger partial charge in [-0.15, -0.1) is 0 Å². The van der Waals surface area contributed by atoms with E-state index in [1.165, 1.54) is 105 Å². The number of hydrogen-bond acceptors (Lipinski definition) is 1. The summed E-state index contributed by atoms with van der Waals surface area (Å²) in [5, 5.41) is 7.78. The van der Waals surface area contributed by atoms with Crippen LogP contribution in [-0.4, -0.2) is 0 Å². The minimum Gasteiger partial charge on any atom is -0.310 e. The molecule has 8 aromatic rings. The fourth-order valence-electron chi connectivity index (χ4n) is 9.49. The van der Waals surface area contributed by atoms with Gasteiger partial charge in [0, 0.05) is 22.2 Å². The van der Waals surface area contributed by atoms with Crippen LogP contribution in [0.1, 0.15) is 61.1 Å². The van der Waals surface area contributed by atoms with Crippen molar-refractivity contribution in [3.05, 3.63) is 173 Å². The maximum Gasteiger partial charge on any atom is 0.0519 e. The first kappa shape index (κ1) is 30.2. The molecule has 1 heteroatoms. The summed E-state index contributed by atoms with van der Waals surface area (Å²) < 4.78 is 0. The van der Waals surface area contributed by atoms with Crippen LogP contribution in [0, 0.1) is 13.8 Å². The molecule has 0 fully saturated rings. The molecule has 0 unspecified atom stereocenters. The Hall–Kier alpha value is -5.66. The molecule has 0 heterocycles. The minimum atomic E-state index is -0.119. The van der Waals surface area contributed by atoms with Crippen molar-refractivity contribution in [2.45, 2.75) is 52.4 Å². The average Bonchev–Trinajstić information content (AvgIpc) is 3.49. The van der Waals surface area contributed by atoms with E-state index in [4.69, 9.17) is 0 Å². The van der Waals surface area contributed by atoms with E-state index in [9.17, 15) is 0 Å². The summed E-state index contributed by atoms with van der Waals surface area (Å²) in [5.74, 6) is 0. The number of hydrogen-bond donors (Lipinski definition) is 0. The lowest BCUT2D eigenvalue weighted by Crippen LogP contribution is -2.17. The number of anilines is 3. The Morgan fingerprint density at radius 3 is 1.65 bits per heavy atom. The van der Waals surface area contributed by atoms with E-state index in [0.717, 1.165) is 0 Å². The molecule has 246 valence electrons. The van der Waals surface area contributed by atoms with Gasteiger partial charge in [-0.25, -0.2) is 0 Å². The van der Waals surface area contributed by atoms with Crippen molar-refractivity contribution in [3.8, 4) is 22.3 Å². The largest absolute Gasteiger partial charge is 0.310 e. The molecule has 0 aromatic heterocycles. The lowest BCUT2D eigenvalue weighted by atomic mass is 9.81. The van der Waals surface area contributed by atoms with Gasteiger partial charge < -0.3 is 4.90 Å². The van der Waals surface area contributed by atoms with Crippen molar-refractivity contribution >= 4 is 49.4 Å². The van der Waals surface area contributed by atoms with E-state index in [1.54, 1.807) is 0 Å². The Morgan fingerprint density at radius 1 is 0.392 bits per heavy atom. The van der Waals surface area contributed by atoms with Crippen LogP contribution < -0.4 is 4.90 Å².